The molecule has 4 fully saturated rings. The molecule has 3 N–H and O–H groups in total. The molecule has 0 aliphatic heterocycles. The molecular weight excluding hydrogens is 366 g/mol. The Bertz CT molecular complexity index is 743. The third-order valence-electron chi connectivity index (χ3n) is 7.40. The predicted molar refractivity (Wildman–Crippen MR) is 111 cm³/mol. The smallest absolute Gasteiger partial charge is 0.322 e. The van der Waals surface area contributed by atoms with Gasteiger partial charge >= 0.3 is 6.03 Å². The molecule has 1 aromatic carbocycles. The van der Waals surface area contributed by atoms with Gasteiger partial charge in [0.25, 0.3) is 5.91 Å². The molecule has 1 unspecified atom stereocenters. The maximum absolute atomic E-state index is 12.7. The molecule has 5 rings (SSSR count). The number of carbonyl (C=O) groups excluding carboxylic acids is 2. The van der Waals surface area contributed by atoms with E-state index in [9.17, 15) is 9.59 Å². The summed E-state index contributed by atoms with van der Waals surface area (Å²) in [6, 6.07) is 7.21. The van der Waals surface area contributed by atoms with E-state index < -0.39 is 0 Å². The number of nitrogens with one attached hydrogen (secondary N) is 3. The van der Waals surface area contributed by atoms with E-state index >= 15 is 0 Å². The van der Waals surface area contributed by atoms with Gasteiger partial charge in [0.1, 0.15) is 12.3 Å². The molecule has 0 radical (unpaired) electrons. The van der Waals surface area contributed by atoms with Crippen LogP contribution in [0.2, 0.25) is 0 Å². The summed E-state index contributed by atoms with van der Waals surface area (Å²) in [5.74, 6) is 2.86. The second-order valence-electron chi connectivity index (χ2n) is 9.74. The second kappa shape index (κ2) is 7.98. The molecule has 0 heterocycles. The van der Waals surface area contributed by atoms with Crippen molar-refractivity contribution in [1.82, 2.24) is 10.6 Å². The molecule has 158 valence electrons. The van der Waals surface area contributed by atoms with Gasteiger partial charge in [-0.2, -0.15) is 0 Å². The highest BCUT2D eigenvalue weighted by Crippen LogP contribution is 2.55. The highest BCUT2D eigenvalue weighted by Gasteiger charge is 2.51. The van der Waals surface area contributed by atoms with Crippen LogP contribution >= 0.6 is 0 Å². The van der Waals surface area contributed by atoms with E-state index in [0.717, 1.165) is 53.2 Å². The summed E-state index contributed by atoms with van der Waals surface area (Å²) in [6.45, 7) is 2.55. The molecule has 0 aromatic heterocycles. The summed E-state index contributed by atoms with van der Waals surface area (Å²) in [5, 5.41) is 5.83. The van der Waals surface area contributed by atoms with Crippen molar-refractivity contribution >= 4 is 11.9 Å². The zero-order chi connectivity index (χ0) is 20.6. The molecule has 0 saturated heterocycles. The van der Waals surface area contributed by atoms with Crippen LogP contribution in [0.4, 0.5) is 4.79 Å². The fraction of sp³-hybridized carbons (Fsp3) is 0.652. The summed E-state index contributed by atoms with van der Waals surface area (Å²) in [7, 11) is 3.62. The molecule has 2 atom stereocenters. The number of imide groups is 1. The SMILES string of the molecule is COc1cccc(C[NH+](C)[C@H](C)C(=O)NC(=O)NC23CC4CC(CC(C4)C2)C3)c1. The number of hydrogen-bond acceptors (Lipinski definition) is 3. The lowest BCUT2D eigenvalue weighted by Gasteiger charge is -2.56. The third kappa shape index (κ3) is 4.42. The summed E-state index contributed by atoms with van der Waals surface area (Å²) in [4.78, 5) is 26.3. The van der Waals surface area contributed by atoms with Gasteiger partial charge in [-0.15, -0.1) is 0 Å². The monoisotopic (exact) mass is 400 g/mol. The normalized spacial score (nSPS) is 31.8. The molecule has 6 nitrogen and oxygen atoms in total. The Morgan fingerprint density at radius 2 is 1.79 bits per heavy atom. The minimum absolute atomic E-state index is 0.0816. The Hall–Kier alpha value is -2.08. The lowest BCUT2D eigenvalue weighted by atomic mass is 9.53. The number of amides is 3. The standard InChI is InChI=1S/C23H33N3O3/c1-15(26(2)14-16-5-4-6-20(10-16)29-3)21(27)24-22(28)25-23-11-17-7-18(12-23)9-19(8-17)13-23/h4-6,10,15,17-19H,7-9,11-14H2,1-3H3,(H2,24,25,27,28)/p+1/t15-,17?,18?,19?,23?/m1/s1. The van der Waals surface area contributed by atoms with Crippen LogP contribution < -0.4 is 20.3 Å². The molecular formula is C23H34N3O3+. The first-order chi connectivity index (χ1) is 13.9. The minimum atomic E-state index is -0.330. The molecule has 3 amide bonds. The van der Waals surface area contributed by atoms with Gasteiger partial charge in [-0.3, -0.25) is 10.1 Å². The Kier molecular flexibility index (Phi) is 5.56. The third-order valence-corrected chi connectivity index (χ3v) is 7.40. The van der Waals surface area contributed by atoms with E-state index in [1.807, 2.05) is 38.2 Å². The van der Waals surface area contributed by atoms with Crippen LogP contribution in [0.3, 0.4) is 0 Å². The first-order valence-electron chi connectivity index (χ1n) is 10.9. The van der Waals surface area contributed by atoms with Crippen molar-refractivity contribution in [1.29, 1.82) is 0 Å². The van der Waals surface area contributed by atoms with Crippen LogP contribution in [0.15, 0.2) is 24.3 Å². The summed E-state index contributed by atoms with van der Waals surface area (Å²) in [6.07, 6.45) is 7.23. The molecule has 1 aromatic rings. The summed E-state index contributed by atoms with van der Waals surface area (Å²) < 4.78 is 5.27. The number of rotatable bonds is 6. The first kappa shape index (κ1) is 20.2. The van der Waals surface area contributed by atoms with E-state index in [0.29, 0.717) is 6.54 Å². The number of methoxy groups -OCH3 is 1. The van der Waals surface area contributed by atoms with Crippen molar-refractivity contribution in [3.05, 3.63) is 29.8 Å². The Morgan fingerprint density at radius 3 is 2.38 bits per heavy atom. The van der Waals surface area contributed by atoms with E-state index in [1.54, 1.807) is 7.11 Å². The molecule has 0 spiro atoms. The number of carbonyl (C=O) groups is 2. The van der Waals surface area contributed by atoms with Gasteiger partial charge in [-0.05, 0) is 75.3 Å². The van der Waals surface area contributed by atoms with Crippen LogP contribution in [0.5, 0.6) is 5.75 Å². The lowest BCUT2D eigenvalue weighted by molar-refractivity contribution is -0.908. The van der Waals surface area contributed by atoms with Crippen molar-refractivity contribution in [2.75, 3.05) is 14.2 Å². The van der Waals surface area contributed by atoms with Gasteiger partial charge in [0.15, 0.2) is 6.04 Å². The number of quaternary nitrogens is 1. The van der Waals surface area contributed by atoms with Gasteiger partial charge in [-0.1, -0.05) is 12.1 Å². The zero-order valence-corrected chi connectivity index (χ0v) is 17.8. The fourth-order valence-electron chi connectivity index (χ4n) is 6.24. The molecule has 4 bridgehead atoms. The molecule has 29 heavy (non-hydrogen) atoms. The largest absolute Gasteiger partial charge is 0.497 e. The molecule has 4 aliphatic rings. The van der Waals surface area contributed by atoms with Gasteiger partial charge in [0.2, 0.25) is 0 Å². The summed E-state index contributed by atoms with van der Waals surface area (Å²) in [5.41, 5.74) is 1.02. The van der Waals surface area contributed by atoms with E-state index in [-0.39, 0.29) is 23.5 Å². The highest BCUT2D eigenvalue weighted by atomic mass is 16.5. The van der Waals surface area contributed by atoms with Crippen LogP contribution in [-0.2, 0) is 11.3 Å². The van der Waals surface area contributed by atoms with Gasteiger partial charge in [0, 0.05) is 11.1 Å². The first-order valence-corrected chi connectivity index (χ1v) is 10.9. The predicted octanol–water partition coefficient (Wildman–Crippen LogP) is 1.89. The number of benzene rings is 1. The van der Waals surface area contributed by atoms with Gasteiger partial charge in [-0.25, -0.2) is 4.79 Å². The Balaban J connectivity index is 1.30. The maximum Gasteiger partial charge on any atom is 0.322 e. The Morgan fingerprint density at radius 1 is 1.17 bits per heavy atom. The van der Waals surface area contributed by atoms with Crippen molar-refractivity contribution in [2.24, 2.45) is 17.8 Å². The molecule has 6 heteroatoms. The number of urea groups is 1. The quantitative estimate of drug-likeness (QED) is 0.683. The van der Waals surface area contributed by atoms with E-state index in [2.05, 4.69) is 10.6 Å². The number of ether oxygens (including phenoxy) is 1. The highest BCUT2D eigenvalue weighted by molar-refractivity contribution is 5.96. The van der Waals surface area contributed by atoms with Crippen molar-refractivity contribution in [3.8, 4) is 5.75 Å². The van der Waals surface area contributed by atoms with E-state index in [4.69, 9.17) is 4.74 Å². The minimum Gasteiger partial charge on any atom is -0.497 e. The lowest BCUT2D eigenvalue weighted by Crippen LogP contribution is -3.12. The molecule has 4 aliphatic carbocycles. The zero-order valence-electron chi connectivity index (χ0n) is 17.8. The van der Waals surface area contributed by atoms with Crippen molar-refractivity contribution < 1.29 is 19.2 Å². The number of likely N-dealkylation sites (N-methyl/N-ethyl adjacent to an activating group) is 1. The van der Waals surface area contributed by atoms with Crippen LogP contribution in [0.1, 0.15) is 51.0 Å². The van der Waals surface area contributed by atoms with Crippen LogP contribution in [-0.4, -0.2) is 37.7 Å². The van der Waals surface area contributed by atoms with Crippen molar-refractivity contribution in [2.45, 2.75) is 63.6 Å². The average molecular weight is 401 g/mol. The number of hydrogen-bond donors (Lipinski definition) is 3. The van der Waals surface area contributed by atoms with Crippen LogP contribution in [0.25, 0.3) is 0 Å². The van der Waals surface area contributed by atoms with Crippen molar-refractivity contribution in [3.63, 3.8) is 0 Å². The topological polar surface area (TPSA) is 71.9 Å². The van der Waals surface area contributed by atoms with Crippen LogP contribution in [0, 0.1) is 17.8 Å². The molecule has 4 saturated carbocycles. The average Bonchev–Trinajstić information content (AvgIpc) is 2.65. The fourth-order valence-corrected chi connectivity index (χ4v) is 6.24. The summed E-state index contributed by atoms with van der Waals surface area (Å²) >= 11 is 0. The second-order valence-corrected chi connectivity index (χ2v) is 9.74. The van der Waals surface area contributed by atoms with Gasteiger partial charge in [0.05, 0.1) is 14.2 Å². The van der Waals surface area contributed by atoms with E-state index in [1.165, 1.54) is 19.3 Å². The maximum atomic E-state index is 12.7. The Labute approximate surface area is 173 Å². The van der Waals surface area contributed by atoms with Gasteiger partial charge < -0.3 is 15.0 Å².